The van der Waals surface area contributed by atoms with Crippen molar-refractivity contribution >= 4 is 40.8 Å². The Morgan fingerprint density at radius 3 is 2.62 bits per heavy atom. The molecule has 0 amide bonds. The Bertz CT molecular complexity index is 668. The summed E-state index contributed by atoms with van der Waals surface area (Å²) < 4.78 is 36.6. The summed E-state index contributed by atoms with van der Waals surface area (Å²) in [5.41, 5.74) is 1.85. The highest BCUT2D eigenvalue weighted by atomic mass is 127. The molecule has 0 radical (unpaired) electrons. The van der Waals surface area contributed by atoms with Crippen molar-refractivity contribution in [3.8, 4) is 0 Å². The zero-order valence-corrected chi connectivity index (χ0v) is 15.6. The van der Waals surface area contributed by atoms with Crippen LogP contribution in [-0.2, 0) is 6.54 Å². The molecule has 2 aromatic rings. The average molecular weight is 452 g/mol. The summed E-state index contributed by atoms with van der Waals surface area (Å²) in [5.74, 6) is 0.373. The van der Waals surface area contributed by atoms with Gasteiger partial charge in [-0.25, -0.2) is 4.99 Å². The molecule has 4 nitrogen and oxygen atoms in total. The standard InChI is InChI=1S/C16H19F3N4.HI/c1-2-20-15(22-10-8-16(17,18)19)23-11-12-7-9-21-14-6-4-3-5-13(12)14;/h3-7,9H,2,8,10-11H2,1H3,(H2,20,22,23);1H. The largest absolute Gasteiger partial charge is 0.390 e. The Hall–Kier alpha value is -1.58. The molecule has 0 spiro atoms. The smallest absolute Gasteiger partial charge is 0.357 e. The summed E-state index contributed by atoms with van der Waals surface area (Å²) in [6.45, 7) is 2.61. The van der Waals surface area contributed by atoms with Crippen LogP contribution in [0, 0.1) is 0 Å². The van der Waals surface area contributed by atoms with Crippen LogP contribution >= 0.6 is 24.0 Å². The highest BCUT2D eigenvalue weighted by Gasteiger charge is 2.26. The number of benzene rings is 1. The van der Waals surface area contributed by atoms with Gasteiger partial charge in [0.1, 0.15) is 0 Å². The van der Waals surface area contributed by atoms with Crippen LogP contribution < -0.4 is 10.6 Å². The summed E-state index contributed by atoms with van der Waals surface area (Å²) in [5, 5.41) is 6.63. The molecular formula is C16H20F3IN4. The number of nitrogens with zero attached hydrogens (tertiary/aromatic N) is 2. The minimum absolute atomic E-state index is 0. The van der Waals surface area contributed by atoms with E-state index in [0.29, 0.717) is 19.0 Å². The van der Waals surface area contributed by atoms with Gasteiger partial charge in [0, 0.05) is 24.7 Å². The van der Waals surface area contributed by atoms with E-state index < -0.39 is 12.6 Å². The van der Waals surface area contributed by atoms with Crippen molar-refractivity contribution in [3.05, 3.63) is 42.1 Å². The predicted octanol–water partition coefficient (Wildman–Crippen LogP) is 3.86. The van der Waals surface area contributed by atoms with E-state index in [-0.39, 0.29) is 30.5 Å². The van der Waals surface area contributed by atoms with Gasteiger partial charge in [0.25, 0.3) is 0 Å². The number of aromatic nitrogens is 1. The van der Waals surface area contributed by atoms with Crippen LogP contribution in [0.5, 0.6) is 0 Å². The van der Waals surface area contributed by atoms with Gasteiger partial charge >= 0.3 is 6.18 Å². The zero-order valence-electron chi connectivity index (χ0n) is 13.2. The first kappa shape index (κ1) is 20.5. The van der Waals surface area contributed by atoms with Gasteiger partial charge in [-0.1, -0.05) is 18.2 Å². The molecular weight excluding hydrogens is 432 g/mol. The molecule has 2 rings (SSSR count). The van der Waals surface area contributed by atoms with Crippen molar-refractivity contribution in [1.82, 2.24) is 15.6 Å². The number of alkyl halides is 3. The highest BCUT2D eigenvalue weighted by molar-refractivity contribution is 14.0. The Labute approximate surface area is 156 Å². The Kier molecular flexibility index (Phi) is 8.23. The molecule has 0 fully saturated rings. The van der Waals surface area contributed by atoms with Crippen molar-refractivity contribution in [1.29, 1.82) is 0 Å². The van der Waals surface area contributed by atoms with E-state index in [2.05, 4.69) is 20.6 Å². The number of pyridine rings is 1. The number of hydrogen-bond acceptors (Lipinski definition) is 2. The second kappa shape index (κ2) is 9.65. The topological polar surface area (TPSA) is 49.3 Å². The van der Waals surface area contributed by atoms with Gasteiger partial charge in [0.2, 0.25) is 0 Å². The fraction of sp³-hybridized carbons (Fsp3) is 0.375. The maximum Gasteiger partial charge on any atom is 0.390 e. The van der Waals surface area contributed by atoms with Crippen molar-refractivity contribution < 1.29 is 13.2 Å². The van der Waals surface area contributed by atoms with Crippen LogP contribution in [0.1, 0.15) is 18.9 Å². The highest BCUT2D eigenvalue weighted by Crippen LogP contribution is 2.18. The summed E-state index contributed by atoms with van der Waals surface area (Å²) in [6.07, 6.45) is -3.36. The number of guanidine groups is 1. The summed E-state index contributed by atoms with van der Waals surface area (Å²) in [4.78, 5) is 8.63. The number of halogens is 4. The number of hydrogen-bond donors (Lipinski definition) is 2. The number of aliphatic imine (C=N–C) groups is 1. The van der Waals surface area contributed by atoms with Gasteiger partial charge in [-0.2, -0.15) is 13.2 Å². The predicted molar refractivity (Wildman–Crippen MR) is 101 cm³/mol. The SMILES string of the molecule is CCNC(=NCc1ccnc2ccccc12)NCCC(F)(F)F.I. The molecule has 0 aliphatic carbocycles. The first-order chi connectivity index (χ1) is 11.0. The van der Waals surface area contributed by atoms with Gasteiger partial charge < -0.3 is 10.6 Å². The lowest BCUT2D eigenvalue weighted by molar-refractivity contribution is -0.132. The van der Waals surface area contributed by atoms with Crippen molar-refractivity contribution in [2.45, 2.75) is 26.1 Å². The molecule has 0 unspecified atom stereocenters. The van der Waals surface area contributed by atoms with Crippen LogP contribution in [0.4, 0.5) is 13.2 Å². The summed E-state index contributed by atoms with van der Waals surface area (Å²) >= 11 is 0. The molecule has 0 saturated carbocycles. The normalized spacial score (nSPS) is 11.9. The third-order valence-electron chi connectivity index (χ3n) is 3.19. The second-order valence-corrected chi connectivity index (χ2v) is 4.97. The first-order valence-electron chi connectivity index (χ1n) is 7.41. The van der Waals surface area contributed by atoms with E-state index in [1.807, 2.05) is 37.3 Å². The Morgan fingerprint density at radius 1 is 1.17 bits per heavy atom. The molecule has 2 N–H and O–H groups in total. The van der Waals surface area contributed by atoms with Crippen molar-refractivity contribution in [2.24, 2.45) is 4.99 Å². The van der Waals surface area contributed by atoms with Gasteiger partial charge in [-0.3, -0.25) is 4.98 Å². The molecule has 0 saturated heterocycles. The zero-order chi connectivity index (χ0) is 16.7. The maximum absolute atomic E-state index is 12.2. The van der Waals surface area contributed by atoms with E-state index >= 15 is 0 Å². The van der Waals surface area contributed by atoms with E-state index in [0.717, 1.165) is 16.5 Å². The number of nitrogens with one attached hydrogen (secondary N) is 2. The lowest BCUT2D eigenvalue weighted by atomic mass is 10.1. The number of fused-ring (bicyclic) bond motifs is 1. The quantitative estimate of drug-likeness (QED) is 0.412. The fourth-order valence-electron chi connectivity index (χ4n) is 2.12. The van der Waals surface area contributed by atoms with E-state index in [1.54, 1.807) is 6.20 Å². The van der Waals surface area contributed by atoms with Crippen LogP contribution in [0.2, 0.25) is 0 Å². The number of para-hydroxylation sites is 1. The number of rotatable bonds is 5. The third kappa shape index (κ3) is 6.50. The molecule has 8 heteroatoms. The third-order valence-corrected chi connectivity index (χ3v) is 3.19. The Balaban J connectivity index is 0.00000288. The molecule has 132 valence electrons. The van der Waals surface area contributed by atoms with E-state index in [4.69, 9.17) is 0 Å². The minimum atomic E-state index is -4.17. The van der Waals surface area contributed by atoms with Gasteiger partial charge in [-0.05, 0) is 24.6 Å². The lowest BCUT2D eigenvalue weighted by Gasteiger charge is -2.12. The van der Waals surface area contributed by atoms with Gasteiger partial charge in [0.15, 0.2) is 5.96 Å². The molecule has 24 heavy (non-hydrogen) atoms. The molecule has 1 aromatic carbocycles. The molecule has 0 atom stereocenters. The van der Waals surface area contributed by atoms with Crippen molar-refractivity contribution in [2.75, 3.05) is 13.1 Å². The minimum Gasteiger partial charge on any atom is -0.357 e. The van der Waals surface area contributed by atoms with Gasteiger partial charge in [-0.15, -0.1) is 24.0 Å². The molecule has 0 aliphatic rings. The van der Waals surface area contributed by atoms with Crippen LogP contribution in [0.15, 0.2) is 41.5 Å². The molecule has 1 aromatic heterocycles. The summed E-state index contributed by atoms with van der Waals surface area (Å²) in [6, 6.07) is 9.56. The molecule has 1 heterocycles. The molecule has 0 bridgehead atoms. The monoisotopic (exact) mass is 452 g/mol. The lowest BCUT2D eigenvalue weighted by Crippen LogP contribution is -2.38. The Morgan fingerprint density at radius 2 is 1.92 bits per heavy atom. The summed E-state index contributed by atoms with van der Waals surface area (Å²) in [7, 11) is 0. The van der Waals surface area contributed by atoms with E-state index in [9.17, 15) is 13.2 Å². The first-order valence-corrected chi connectivity index (χ1v) is 7.41. The molecule has 0 aliphatic heterocycles. The van der Waals surface area contributed by atoms with Crippen LogP contribution in [-0.4, -0.2) is 30.2 Å². The van der Waals surface area contributed by atoms with Crippen LogP contribution in [0.25, 0.3) is 10.9 Å². The van der Waals surface area contributed by atoms with E-state index in [1.165, 1.54) is 0 Å². The fourth-order valence-corrected chi connectivity index (χ4v) is 2.12. The second-order valence-electron chi connectivity index (χ2n) is 4.97. The van der Waals surface area contributed by atoms with Gasteiger partial charge in [0.05, 0.1) is 18.5 Å². The maximum atomic E-state index is 12.2. The van der Waals surface area contributed by atoms with Crippen molar-refractivity contribution in [3.63, 3.8) is 0 Å². The average Bonchev–Trinajstić information content (AvgIpc) is 2.51. The van der Waals surface area contributed by atoms with Crippen LogP contribution in [0.3, 0.4) is 0 Å².